The molecule has 0 aliphatic heterocycles. The summed E-state index contributed by atoms with van der Waals surface area (Å²) in [4.78, 5) is 29.9. The molecule has 0 bridgehead atoms. The Bertz CT molecular complexity index is 1720. The van der Waals surface area contributed by atoms with Crippen LogP contribution in [0.4, 0.5) is 5.69 Å². The number of carbonyl (C=O) groups is 2. The Morgan fingerprint density at radius 1 is 0.830 bits per heavy atom. The van der Waals surface area contributed by atoms with Crippen LogP contribution in [0.3, 0.4) is 0 Å². The topological polar surface area (TPSA) is 96.0 Å². The van der Waals surface area contributed by atoms with Crippen molar-refractivity contribution in [3.05, 3.63) is 124 Å². The first-order valence-corrected chi connectivity index (χ1v) is 17.6. The van der Waals surface area contributed by atoms with E-state index in [1.165, 1.54) is 17.0 Å². The lowest BCUT2D eigenvalue weighted by Crippen LogP contribution is -2.53. The molecule has 4 rings (SSSR count). The number of hydrogen-bond acceptors (Lipinski definition) is 5. The van der Waals surface area contributed by atoms with Crippen LogP contribution in [0.2, 0.25) is 10.0 Å². The van der Waals surface area contributed by atoms with E-state index in [9.17, 15) is 18.0 Å². The van der Waals surface area contributed by atoms with E-state index < -0.39 is 28.5 Å². The van der Waals surface area contributed by atoms with Gasteiger partial charge in [0, 0.05) is 35.1 Å². The normalized spacial score (nSPS) is 12.0. The van der Waals surface area contributed by atoms with E-state index in [-0.39, 0.29) is 35.4 Å². The van der Waals surface area contributed by atoms with Gasteiger partial charge in [0.15, 0.2) is 0 Å². The number of rotatable bonds is 15. The van der Waals surface area contributed by atoms with Gasteiger partial charge in [-0.3, -0.25) is 13.9 Å². The van der Waals surface area contributed by atoms with Crippen molar-refractivity contribution in [2.24, 2.45) is 5.92 Å². The van der Waals surface area contributed by atoms with Gasteiger partial charge in [0.1, 0.15) is 18.3 Å². The molecule has 2 amide bonds. The molecule has 1 N–H and O–H groups in total. The fraction of sp³-hybridized carbons (Fsp3) is 0.278. The molecule has 0 aromatic heterocycles. The maximum Gasteiger partial charge on any atom is 0.264 e. The van der Waals surface area contributed by atoms with Crippen molar-refractivity contribution in [1.82, 2.24) is 10.2 Å². The number of anilines is 1. The maximum absolute atomic E-state index is 14.6. The predicted octanol–water partition coefficient (Wildman–Crippen LogP) is 7.00. The minimum atomic E-state index is -4.23. The number of nitrogens with one attached hydrogen (secondary N) is 1. The van der Waals surface area contributed by atoms with E-state index >= 15 is 0 Å². The van der Waals surface area contributed by atoms with E-state index in [4.69, 9.17) is 27.9 Å². The third-order valence-corrected chi connectivity index (χ3v) is 9.89. The van der Waals surface area contributed by atoms with Crippen molar-refractivity contribution in [2.75, 3.05) is 24.0 Å². The van der Waals surface area contributed by atoms with Crippen LogP contribution in [0.25, 0.3) is 0 Å². The van der Waals surface area contributed by atoms with E-state index in [0.717, 1.165) is 9.87 Å². The summed E-state index contributed by atoms with van der Waals surface area (Å²) in [5.74, 6) is -0.281. The summed E-state index contributed by atoms with van der Waals surface area (Å²) in [6.07, 6.45) is 0.174. The second kappa shape index (κ2) is 16.7. The van der Waals surface area contributed by atoms with Gasteiger partial charge < -0.3 is 15.0 Å². The number of nitrogens with zero attached hydrogens (tertiary/aromatic N) is 2. The molecule has 0 aliphatic carbocycles. The van der Waals surface area contributed by atoms with Gasteiger partial charge >= 0.3 is 0 Å². The molecule has 0 spiro atoms. The Morgan fingerprint density at radius 2 is 1.43 bits per heavy atom. The molecule has 0 aliphatic rings. The summed E-state index contributed by atoms with van der Waals surface area (Å²) in [7, 11) is -4.23. The van der Waals surface area contributed by atoms with Crippen molar-refractivity contribution < 1.29 is 22.7 Å². The molecular formula is C36H39Cl2N3O5S. The zero-order valence-corrected chi connectivity index (χ0v) is 28.9. The molecule has 0 heterocycles. The first kappa shape index (κ1) is 35.8. The Morgan fingerprint density at radius 3 is 2.00 bits per heavy atom. The standard InChI is InChI=1S/C36H39Cl2N3O5S/c1-4-46-29-20-18-28(19-21-29)41(47(44,45)30-14-9-6-10-15-30)25-35(42)40(24-31-32(37)16-11-17-33(31)38)34(36(43)39-23-26(2)3)22-27-12-7-5-8-13-27/h5-21,26,34H,4,22-25H2,1-3H3,(H,39,43)/t34-/m0/s1. The van der Waals surface area contributed by atoms with Crippen LogP contribution in [0, 0.1) is 5.92 Å². The van der Waals surface area contributed by atoms with Gasteiger partial charge in [-0.25, -0.2) is 8.42 Å². The first-order valence-electron chi connectivity index (χ1n) is 15.4. The molecule has 0 fully saturated rings. The van der Waals surface area contributed by atoms with Gasteiger partial charge in [0.05, 0.1) is 17.2 Å². The predicted molar refractivity (Wildman–Crippen MR) is 187 cm³/mol. The lowest BCUT2D eigenvalue weighted by Gasteiger charge is -2.34. The SMILES string of the molecule is CCOc1ccc(N(CC(=O)N(Cc2c(Cl)cccc2Cl)[C@@H](Cc2ccccc2)C(=O)NCC(C)C)S(=O)(=O)c2ccccc2)cc1. The number of hydrogen-bond donors (Lipinski definition) is 1. The number of carbonyl (C=O) groups excluding carboxylic acids is 2. The zero-order valence-electron chi connectivity index (χ0n) is 26.6. The van der Waals surface area contributed by atoms with Gasteiger partial charge in [0.25, 0.3) is 10.0 Å². The van der Waals surface area contributed by atoms with Crippen molar-refractivity contribution in [3.8, 4) is 5.75 Å². The number of halogens is 2. The summed E-state index contributed by atoms with van der Waals surface area (Å²) < 4.78 is 34.9. The van der Waals surface area contributed by atoms with Crippen LogP contribution in [-0.2, 0) is 32.6 Å². The van der Waals surface area contributed by atoms with Crippen molar-refractivity contribution in [1.29, 1.82) is 0 Å². The Hall–Kier alpha value is -4.05. The van der Waals surface area contributed by atoms with Crippen LogP contribution in [0.15, 0.2) is 108 Å². The monoisotopic (exact) mass is 695 g/mol. The van der Waals surface area contributed by atoms with E-state index in [0.29, 0.717) is 34.5 Å². The van der Waals surface area contributed by atoms with Crippen LogP contribution in [0.5, 0.6) is 5.75 Å². The molecule has 11 heteroatoms. The van der Waals surface area contributed by atoms with Crippen molar-refractivity contribution >= 4 is 50.7 Å². The zero-order chi connectivity index (χ0) is 34.0. The number of amides is 2. The average Bonchev–Trinajstić information content (AvgIpc) is 3.06. The van der Waals surface area contributed by atoms with Crippen molar-refractivity contribution in [3.63, 3.8) is 0 Å². The summed E-state index contributed by atoms with van der Waals surface area (Å²) in [5.41, 5.74) is 1.52. The van der Waals surface area contributed by atoms with E-state index in [1.807, 2.05) is 51.1 Å². The molecule has 248 valence electrons. The smallest absolute Gasteiger partial charge is 0.264 e. The fourth-order valence-corrected chi connectivity index (χ4v) is 6.91. The Labute approximate surface area is 287 Å². The molecule has 0 saturated carbocycles. The van der Waals surface area contributed by atoms with Crippen LogP contribution < -0.4 is 14.4 Å². The third-order valence-electron chi connectivity index (χ3n) is 7.39. The Kier molecular flexibility index (Phi) is 12.7. The quantitative estimate of drug-likeness (QED) is 0.145. The second-order valence-corrected chi connectivity index (χ2v) is 14.0. The molecule has 4 aromatic carbocycles. The minimum Gasteiger partial charge on any atom is -0.494 e. The Balaban J connectivity index is 1.82. The number of benzene rings is 4. The van der Waals surface area contributed by atoms with Gasteiger partial charge in [-0.2, -0.15) is 0 Å². The molecule has 8 nitrogen and oxygen atoms in total. The summed E-state index contributed by atoms with van der Waals surface area (Å²) in [6, 6.07) is 27.7. The average molecular weight is 697 g/mol. The summed E-state index contributed by atoms with van der Waals surface area (Å²) in [5, 5.41) is 3.60. The fourth-order valence-electron chi connectivity index (χ4n) is 4.95. The highest BCUT2D eigenvalue weighted by Crippen LogP contribution is 2.29. The molecular weight excluding hydrogens is 657 g/mol. The highest BCUT2D eigenvalue weighted by atomic mass is 35.5. The van der Waals surface area contributed by atoms with Crippen LogP contribution >= 0.6 is 23.2 Å². The molecule has 1 atom stereocenters. The maximum atomic E-state index is 14.6. The van der Waals surface area contributed by atoms with Gasteiger partial charge in [-0.05, 0) is 66.9 Å². The highest BCUT2D eigenvalue weighted by molar-refractivity contribution is 7.92. The lowest BCUT2D eigenvalue weighted by atomic mass is 10.0. The van der Waals surface area contributed by atoms with Gasteiger partial charge in [-0.1, -0.05) is 91.6 Å². The molecule has 0 unspecified atom stereocenters. The van der Waals surface area contributed by atoms with Crippen molar-refractivity contribution in [2.45, 2.75) is 44.7 Å². The van der Waals surface area contributed by atoms with Crippen LogP contribution in [0.1, 0.15) is 31.9 Å². The molecule has 47 heavy (non-hydrogen) atoms. The van der Waals surface area contributed by atoms with Crippen LogP contribution in [-0.4, -0.2) is 50.9 Å². The lowest BCUT2D eigenvalue weighted by molar-refractivity contribution is -0.140. The van der Waals surface area contributed by atoms with E-state index in [2.05, 4.69) is 5.32 Å². The third kappa shape index (κ3) is 9.50. The van der Waals surface area contributed by atoms with Gasteiger partial charge in [0.2, 0.25) is 11.8 Å². The summed E-state index contributed by atoms with van der Waals surface area (Å²) in [6.45, 7) is 5.89. The molecule has 4 aromatic rings. The summed E-state index contributed by atoms with van der Waals surface area (Å²) >= 11 is 13.2. The molecule has 0 radical (unpaired) electrons. The molecule has 0 saturated heterocycles. The number of sulfonamides is 1. The minimum absolute atomic E-state index is 0.0119. The second-order valence-electron chi connectivity index (χ2n) is 11.3. The highest BCUT2D eigenvalue weighted by Gasteiger charge is 2.35. The first-order chi connectivity index (χ1) is 22.5. The van der Waals surface area contributed by atoms with E-state index in [1.54, 1.807) is 60.7 Å². The van der Waals surface area contributed by atoms with Gasteiger partial charge in [-0.15, -0.1) is 0 Å². The largest absolute Gasteiger partial charge is 0.494 e. The number of ether oxygens (including phenoxy) is 1.